The van der Waals surface area contributed by atoms with E-state index in [0.29, 0.717) is 6.42 Å². The van der Waals surface area contributed by atoms with Gasteiger partial charge in [-0.15, -0.1) is 0 Å². The highest BCUT2D eigenvalue weighted by Crippen LogP contribution is 2.23. The van der Waals surface area contributed by atoms with Crippen molar-refractivity contribution in [2.75, 3.05) is 0 Å². The molecule has 0 bridgehead atoms. The second kappa shape index (κ2) is 5.66. The highest BCUT2D eigenvalue weighted by atomic mass is 16.4. The second-order valence-electron chi connectivity index (χ2n) is 4.37. The number of aliphatic hydroxyl groups excluding tert-OH is 1. The summed E-state index contributed by atoms with van der Waals surface area (Å²) >= 11 is 0. The molecule has 0 fully saturated rings. The van der Waals surface area contributed by atoms with E-state index >= 15 is 0 Å². The molecule has 2 N–H and O–H groups in total. The van der Waals surface area contributed by atoms with Gasteiger partial charge in [-0.1, -0.05) is 36.8 Å². The van der Waals surface area contributed by atoms with E-state index in [1.165, 1.54) is 0 Å². The Bertz CT molecular complexity index is 343. The topological polar surface area (TPSA) is 57.5 Å². The monoisotopic (exact) mass is 222 g/mol. The number of rotatable bonds is 5. The van der Waals surface area contributed by atoms with Gasteiger partial charge in [-0.3, -0.25) is 4.79 Å². The standard InChI is InChI=1S/C13H18O3/c1-9-3-5-11(6-4-9)12(14)7-10(2)8-13(15)16/h3-6,10,12,14H,7-8H2,1-2H3,(H,15,16). The summed E-state index contributed by atoms with van der Waals surface area (Å²) in [6, 6.07) is 7.65. The lowest BCUT2D eigenvalue weighted by Crippen LogP contribution is -2.09. The average molecular weight is 222 g/mol. The van der Waals surface area contributed by atoms with Gasteiger partial charge in [0.15, 0.2) is 0 Å². The van der Waals surface area contributed by atoms with Crippen molar-refractivity contribution in [2.45, 2.75) is 32.8 Å². The van der Waals surface area contributed by atoms with Gasteiger partial charge in [0.1, 0.15) is 0 Å². The molecule has 0 amide bonds. The molecule has 0 heterocycles. The van der Waals surface area contributed by atoms with Crippen LogP contribution >= 0.6 is 0 Å². The molecule has 2 atom stereocenters. The molecule has 0 aliphatic heterocycles. The third-order valence-electron chi connectivity index (χ3n) is 2.61. The second-order valence-corrected chi connectivity index (χ2v) is 4.37. The van der Waals surface area contributed by atoms with Gasteiger partial charge in [0.25, 0.3) is 0 Å². The summed E-state index contributed by atoms with van der Waals surface area (Å²) < 4.78 is 0. The number of hydrogen-bond acceptors (Lipinski definition) is 2. The maximum atomic E-state index is 10.5. The molecule has 0 aliphatic rings. The molecule has 0 spiro atoms. The normalized spacial score (nSPS) is 14.4. The van der Waals surface area contributed by atoms with Crippen LogP contribution in [0.5, 0.6) is 0 Å². The van der Waals surface area contributed by atoms with Crippen LogP contribution in [0.1, 0.15) is 37.0 Å². The van der Waals surface area contributed by atoms with Crippen molar-refractivity contribution in [3.8, 4) is 0 Å². The Hall–Kier alpha value is -1.35. The number of carboxylic acids is 1. The fraction of sp³-hybridized carbons (Fsp3) is 0.462. The molecule has 0 aromatic heterocycles. The van der Waals surface area contributed by atoms with E-state index in [-0.39, 0.29) is 12.3 Å². The summed E-state index contributed by atoms with van der Waals surface area (Å²) in [4.78, 5) is 10.5. The lowest BCUT2D eigenvalue weighted by atomic mass is 9.95. The number of carboxylic acid groups (broad SMARTS) is 1. The van der Waals surface area contributed by atoms with E-state index in [9.17, 15) is 9.90 Å². The van der Waals surface area contributed by atoms with Crippen LogP contribution in [0, 0.1) is 12.8 Å². The van der Waals surface area contributed by atoms with Gasteiger partial charge < -0.3 is 10.2 Å². The van der Waals surface area contributed by atoms with Crippen molar-refractivity contribution in [2.24, 2.45) is 5.92 Å². The van der Waals surface area contributed by atoms with Gasteiger partial charge in [0.05, 0.1) is 6.10 Å². The molecular weight excluding hydrogens is 204 g/mol. The largest absolute Gasteiger partial charge is 0.481 e. The first-order chi connectivity index (χ1) is 7.49. The first-order valence-electron chi connectivity index (χ1n) is 5.45. The van der Waals surface area contributed by atoms with Gasteiger partial charge in [-0.25, -0.2) is 0 Å². The molecule has 16 heavy (non-hydrogen) atoms. The minimum absolute atomic E-state index is 0.0196. The van der Waals surface area contributed by atoms with E-state index in [4.69, 9.17) is 5.11 Å². The van der Waals surface area contributed by atoms with Crippen LogP contribution in [0.2, 0.25) is 0 Å². The van der Waals surface area contributed by atoms with Crippen LogP contribution in [0.3, 0.4) is 0 Å². The SMILES string of the molecule is Cc1ccc(C(O)CC(C)CC(=O)O)cc1. The van der Waals surface area contributed by atoms with Crippen LogP contribution in [0.25, 0.3) is 0 Å². The Kier molecular flexibility index (Phi) is 4.50. The molecule has 1 aromatic carbocycles. The molecular formula is C13H18O3. The molecule has 1 rings (SSSR count). The first kappa shape index (κ1) is 12.7. The van der Waals surface area contributed by atoms with Crippen LogP contribution in [-0.2, 0) is 4.79 Å². The van der Waals surface area contributed by atoms with Crippen LogP contribution in [0.4, 0.5) is 0 Å². The smallest absolute Gasteiger partial charge is 0.303 e. The summed E-state index contributed by atoms with van der Waals surface area (Å²) in [6.45, 7) is 3.83. The van der Waals surface area contributed by atoms with Crippen LogP contribution in [-0.4, -0.2) is 16.2 Å². The summed E-state index contributed by atoms with van der Waals surface area (Å²) in [5.74, 6) is -0.836. The zero-order chi connectivity index (χ0) is 12.1. The molecule has 0 saturated heterocycles. The number of hydrogen-bond donors (Lipinski definition) is 2. The van der Waals surface area contributed by atoms with Crippen molar-refractivity contribution >= 4 is 5.97 Å². The Morgan fingerprint density at radius 2 is 1.88 bits per heavy atom. The number of aliphatic carboxylic acids is 1. The fourth-order valence-electron chi connectivity index (χ4n) is 1.69. The average Bonchev–Trinajstić information content (AvgIpc) is 2.16. The van der Waals surface area contributed by atoms with E-state index in [2.05, 4.69) is 0 Å². The lowest BCUT2D eigenvalue weighted by molar-refractivity contribution is -0.138. The molecule has 2 unspecified atom stereocenters. The summed E-state index contributed by atoms with van der Waals surface area (Å²) in [5.41, 5.74) is 2.00. The predicted octanol–water partition coefficient (Wildman–Crippen LogP) is 2.53. The maximum absolute atomic E-state index is 10.5. The minimum atomic E-state index is -0.816. The van der Waals surface area contributed by atoms with Crippen molar-refractivity contribution in [1.82, 2.24) is 0 Å². The van der Waals surface area contributed by atoms with E-state index in [1.54, 1.807) is 0 Å². The molecule has 1 aromatic rings. The predicted molar refractivity (Wildman–Crippen MR) is 62.2 cm³/mol. The fourth-order valence-corrected chi connectivity index (χ4v) is 1.69. The summed E-state index contributed by atoms with van der Waals surface area (Å²) in [5, 5.41) is 18.5. The number of aryl methyl sites for hydroxylation is 1. The number of carbonyl (C=O) groups is 1. The van der Waals surface area contributed by atoms with Crippen molar-refractivity contribution < 1.29 is 15.0 Å². The van der Waals surface area contributed by atoms with Crippen LogP contribution in [0.15, 0.2) is 24.3 Å². The number of benzene rings is 1. The Labute approximate surface area is 95.7 Å². The highest BCUT2D eigenvalue weighted by Gasteiger charge is 2.14. The van der Waals surface area contributed by atoms with Gasteiger partial charge >= 0.3 is 5.97 Å². The minimum Gasteiger partial charge on any atom is -0.481 e. The van der Waals surface area contributed by atoms with Gasteiger partial charge in [0.2, 0.25) is 0 Å². The lowest BCUT2D eigenvalue weighted by Gasteiger charge is -2.15. The molecule has 3 heteroatoms. The van der Waals surface area contributed by atoms with Gasteiger partial charge in [-0.2, -0.15) is 0 Å². The zero-order valence-electron chi connectivity index (χ0n) is 9.68. The molecule has 88 valence electrons. The maximum Gasteiger partial charge on any atom is 0.303 e. The van der Waals surface area contributed by atoms with E-state index in [1.807, 2.05) is 38.1 Å². The molecule has 0 aliphatic carbocycles. The van der Waals surface area contributed by atoms with E-state index < -0.39 is 12.1 Å². The van der Waals surface area contributed by atoms with Crippen molar-refractivity contribution in [1.29, 1.82) is 0 Å². The Balaban J connectivity index is 2.54. The highest BCUT2D eigenvalue weighted by molar-refractivity contribution is 5.66. The molecule has 0 radical (unpaired) electrons. The molecule has 0 saturated carbocycles. The third kappa shape index (κ3) is 4.03. The third-order valence-corrected chi connectivity index (χ3v) is 2.61. The van der Waals surface area contributed by atoms with Crippen molar-refractivity contribution in [3.63, 3.8) is 0 Å². The number of aliphatic hydroxyl groups is 1. The quantitative estimate of drug-likeness (QED) is 0.804. The molecule has 3 nitrogen and oxygen atoms in total. The first-order valence-corrected chi connectivity index (χ1v) is 5.45. The van der Waals surface area contributed by atoms with E-state index in [0.717, 1.165) is 11.1 Å². The zero-order valence-corrected chi connectivity index (χ0v) is 9.68. The van der Waals surface area contributed by atoms with Gasteiger partial charge in [0, 0.05) is 6.42 Å². The summed E-state index contributed by atoms with van der Waals surface area (Å²) in [6.07, 6.45) is 0.00751. The van der Waals surface area contributed by atoms with Crippen LogP contribution < -0.4 is 0 Å². The van der Waals surface area contributed by atoms with Crippen molar-refractivity contribution in [3.05, 3.63) is 35.4 Å². The Morgan fingerprint density at radius 1 is 1.31 bits per heavy atom. The van der Waals surface area contributed by atoms with Gasteiger partial charge in [-0.05, 0) is 24.8 Å². The Morgan fingerprint density at radius 3 is 2.38 bits per heavy atom. The summed E-state index contributed by atoms with van der Waals surface area (Å²) in [7, 11) is 0.